The number of rotatable bonds is 7. The number of hydrogen-bond donors (Lipinski definition) is 1. The van der Waals surface area contributed by atoms with E-state index in [0.717, 1.165) is 18.9 Å². The molecule has 78 valence electrons. The van der Waals surface area contributed by atoms with Gasteiger partial charge in [-0.05, 0) is 18.8 Å². The summed E-state index contributed by atoms with van der Waals surface area (Å²) in [4.78, 5) is 0. The summed E-state index contributed by atoms with van der Waals surface area (Å²) in [5, 5.41) is 0. The number of ether oxygens (including phenoxy) is 2. The normalized spacial score (nSPS) is 32.1. The lowest BCUT2D eigenvalue weighted by atomic mass is 10.1. The van der Waals surface area contributed by atoms with Crippen LogP contribution in [-0.2, 0) is 9.47 Å². The SMILES string of the molecule is CCC1CC1(N)CCOCCOC. The van der Waals surface area contributed by atoms with Crippen molar-refractivity contribution in [1.29, 1.82) is 0 Å². The van der Waals surface area contributed by atoms with Gasteiger partial charge in [0.2, 0.25) is 0 Å². The molecule has 3 heteroatoms. The predicted octanol–water partition coefficient (Wildman–Crippen LogP) is 1.17. The summed E-state index contributed by atoms with van der Waals surface area (Å²) in [6, 6.07) is 0. The van der Waals surface area contributed by atoms with E-state index in [-0.39, 0.29) is 5.54 Å². The lowest BCUT2D eigenvalue weighted by Crippen LogP contribution is -2.27. The smallest absolute Gasteiger partial charge is 0.0700 e. The van der Waals surface area contributed by atoms with Crippen LogP contribution in [-0.4, -0.2) is 32.5 Å². The molecule has 0 bridgehead atoms. The summed E-state index contributed by atoms with van der Waals surface area (Å²) in [5.74, 6) is 0.735. The van der Waals surface area contributed by atoms with E-state index >= 15 is 0 Å². The maximum Gasteiger partial charge on any atom is 0.0700 e. The molecular weight excluding hydrogens is 166 g/mol. The summed E-state index contributed by atoms with van der Waals surface area (Å²) in [5.41, 5.74) is 6.20. The first-order chi connectivity index (χ1) is 6.23. The Bertz CT molecular complexity index is 152. The van der Waals surface area contributed by atoms with Gasteiger partial charge in [-0.3, -0.25) is 0 Å². The van der Waals surface area contributed by atoms with Crippen molar-refractivity contribution >= 4 is 0 Å². The van der Waals surface area contributed by atoms with Gasteiger partial charge in [0.1, 0.15) is 0 Å². The third kappa shape index (κ3) is 3.25. The third-order valence-corrected chi connectivity index (χ3v) is 2.92. The molecule has 0 aromatic rings. The highest BCUT2D eigenvalue weighted by Crippen LogP contribution is 2.45. The van der Waals surface area contributed by atoms with Gasteiger partial charge in [-0.1, -0.05) is 13.3 Å². The summed E-state index contributed by atoms with van der Waals surface area (Å²) in [6.07, 6.45) is 3.38. The molecule has 1 rings (SSSR count). The van der Waals surface area contributed by atoms with Gasteiger partial charge in [-0.25, -0.2) is 0 Å². The predicted molar refractivity (Wildman–Crippen MR) is 52.6 cm³/mol. The number of methoxy groups -OCH3 is 1. The Morgan fingerprint density at radius 2 is 2.15 bits per heavy atom. The first-order valence-electron chi connectivity index (χ1n) is 5.08. The quantitative estimate of drug-likeness (QED) is 0.608. The van der Waals surface area contributed by atoms with Crippen LogP contribution in [0.15, 0.2) is 0 Å². The summed E-state index contributed by atoms with van der Waals surface area (Å²) >= 11 is 0. The van der Waals surface area contributed by atoms with Gasteiger partial charge >= 0.3 is 0 Å². The van der Waals surface area contributed by atoms with Crippen LogP contribution in [0.25, 0.3) is 0 Å². The minimum atomic E-state index is 0.0990. The molecule has 0 heterocycles. The molecule has 2 unspecified atom stereocenters. The van der Waals surface area contributed by atoms with E-state index in [4.69, 9.17) is 15.2 Å². The Kier molecular flexibility index (Phi) is 4.16. The van der Waals surface area contributed by atoms with Crippen LogP contribution >= 0.6 is 0 Å². The Hall–Kier alpha value is -0.120. The van der Waals surface area contributed by atoms with E-state index in [1.54, 1.807) is 7.11 Å². The summed E-state index contributed by atoms with van der Waals surface area (Å²) < 4.78 is 10.3. The summed E-state index contributed by atoms with van der Waals surface area (Å²) in [6.45, 7) is 4.33. The number of hydrogen-bond acceptors (Lipinski definition) is 3. The average molecular weight is 187 g/mol. The molecule has 0 aromatic heterocycles. The topological polar surface area (TPSA) is 44.5 Å². The van der Waals surface area contributed by atoms with E-state index in [2.05, 4.69) is 6.92 Å². The van der Waals surface area contributed by atoms with E-state index in [1.165, 1.54) is 12.8 Å². The monoisotopic (exact) mass is 187 g/mol. The van der Waals surface area contributed by atoms with Crippen LogP contribution in [0.2, 0.25) is 0 Å². The van der Waals surface area contributed by atoms with Gasteiger partial charge in [0.25, 0.3) is 0 Å². The minimum Gasteiger partial charge on any atom is -0.382 e. The maximum atomic E-state index is 6.10. The van der Waals surface area contributed by atoms with Gasteiger partial charge in [0, 0.05) is 19.3 Å². The molecule has 0 amide bonds. The second kappa shape index (κ2) is 4.94. The van der Waals surface area contributed by atoms with Crippen LogP contribution in [0.5, 0.6) is 0 Å². The Labute approximate surface area is 80.6 Å². The molecule has 1 aliphatic rings. The molecule has 0 aromatic carbocycles. The average Bonchev–Trinajstić information content (AvgIpc) is 2.77. The zero-order valence-corrected chi connectivity index (χ0v) is 8.71. The van der Waals surface area contributed by atoms with Crippen molar-refractivity contribution in [2.75, 3.05) is 26.9 Å². The fraction of sp³-hybridized carbons (Fsp3) is 1.00. The van der Waals surface area contributed by atoms with E-state index < -0.39 is 0 Å². The summed E-state index contributed by atoms with van der Waals surface area (Å²) in [7, 11) is 1.68. The van der Waals surface area contributed by atoms with Crippen LogP contribution in [0.4, 0.5) is 0 Å². The minimum absolute atomic E-state index is 0.0990. The highest BCUT2D eigenvalue weighted by Gasteiger charge is 2.48. The van der Waals surface area contributed by atoms with E-state index in [1.807, 2.05) is 0 Å². The van der Waals surface area contributed by atoms with Crippen LogP contribution < -0.4 is 5.73 Å². The van der Waals surface area contributed by atoms with Gasteiger partial charge in [-0.2, -0.15) is 0 Å². The van der Waals surface area contributed by atoms with Crippen LogP contribution in [0.1, 0.15) is 26.2 Å². The highest BCUT2D eigenvalue weighted by molar-refractivity contribution is 5.06. The molecule has 1 fully saturated rings. The molecule has 2 N–H and O–H groups in total. The molecule has 2 atom stereocenters. The molecule has 1 saturated carbocycles. The van der Waals surface area contributed by atoms with Crippen molar-refractivity contribution in [2.45, 2.75) is 31.7 Å². The Morgan fingerprint density at radius 1 is 1.38 bits per heavy atom. The molecule has 0 saturated heterocycles. The van der Waals surface area contributed by atoms with Gasteiger partial charge in [-0.15, -0.1) is 0 Å². The standard InChI is InChI=1S/C10H21NO2/c1-3-9-8-10(9,11)4-5-13-7-6-12-2/h9H,3-8,11H2,1-2H3. The van der Waals surface area contributed by atoms with Gasteiger partial charge in [0.05, 0.1) is 13.2 Å². The second-order valence-corrected chi connectivity index (χ2v) is 3.90. The van der Waals surface area contributed by atoms with Crippen molar-refractivity contribution < 1.29 is 9.47 Å². The van der Waals surface area contributed by atoms with Crippen molar-refractivity contribution in [1.82, 2.24) is 0 Å². The lowest BCUT2D eigenvalue weighted by Gasteiger charge is -2.10. The molecule has 13 heavy (non-hydrogen) atoms. The van der Waals surface area contributed by atoms with Gasteiger partial charge < -0.3 is 15.2 Å². The first-order valence-corrected chi connectivity index (χ1v) is 5.08. The van der Waals surface area contributed by atoms with Crippen LogP contribution in [0.3, 0.4) is 0 Å². The zero-order valence-electron chi connectivity index (χ0n) is 8.71. The fourth-order valence-corrected chi connectivity index (χ4v) is 1.76. The molecule has 1 aliphatic carbocycles. The fourth-order valence-electron chi connectivity index (χ4n) is 1.76. The lowest BCUT2D eigenvalue weighted by molar-refractivity contribution is 0.0656. The van der Waals surface area contributed by atoms with E-state index in [0.29, 0.717) is 13.2 Å². The largest absolute Gasteiger partial charge is 0.382 e. The maximum absolute atomic E-state index is 6.10. The molecule has 0 spiro atoms. The third-order valence-electron chi connectivity index (χ3n) is 2.92. The Balaban J connectivity index is 1.95. The van der Waals surface area contributed by atoms with Crippen molar-refractivity contribution in [3.63, 3.8) is 0 Å². The molecule has 0 radical (unpaired) electrons. The highest BCUT2D eigenvalue weighted by atomic mass is 16.5. The zero-order chi connectivity index (χ0) is 9.73. The first kappa shape index (κ1) is 11.0. The van der Waals surface area contributed by atoms with Gasteiger partial charge in [0.15, 0.2) is 0 Å². The van der Waals surface area contributed by atoms with Crippen molar-refractivity contribution in [3.8, 4) is 0 Å². The molecule has 3 nitrogen and oxygen atoms in total. The second-order valence-electron chi connectivity index (χ2n) is 3.90. The van der Waals surface area contributed by atoms with Crippen molar-refractivity contribution in [3.05, 3.63) is 0 Å². The molecule has 0 aliphatic heterocycles. The number of nitrogens with two attached hydrogens (primary N) is 1. The molecular formula is C10H21NO2. The van der Waals surface area contributed by atoms with Crippen molar-refractivity contribution in [2.24, 2.45) is 11.7 Å². The van der Waals surface area contributed by atoms with Crippen LogP contribution in [0, 0.1) is 5.92 Å². The Morgan fingerprint density at radius 3 is 2.69 bits per heavy atom. The van der Waals surface area contributed by atoms with E-state index in [9.17, 15) is 0 Å².